The van der Waals surface area contributed by atoms with Crippen LogP contribution in [0.5, 0.6) is 17.2 Å². The first kappa shape index (κ1) is 16.7. The molecule has 0 aliphatic rings. The fourth-order valence-corrected chi connectivity index (χ4v) is 2.40. The molecule has 0 aliphatic carbocycles. The minimum absolute atomic E-state index is 0.125. The van der Waals surface area contributed by atoms with Crippen LogP contribution in [0.25, 0.3) is 0 Å². The van der Waals surface area contributed by atoms with Gasteiger partial charge in [-0.25, -0.2) is 0 Å². The van der Waals surface area contributed by atoms with Crippen LogP contribution in [-0.2, 0) is 6.54 Å². The molecule has 0 spiro atoms. The Balaban J connectivity index is 2.21. The third kappa shape index (κ3) is 3.56. The molecule has 122 valence electrons. The average molecular weight is 315 g/mol. The lowest BCUT2D eigenvalue weighted by Crippen LogP contribution is -2.23. The van der Waals surface area contributed by atoms with E-state index in [9.17, 15) is 4.79 Å². The molecule has 0 atom stereocenters. The van der Waals surface area contributed by atoms with Gasteiger partial charge in [0, 0.05) is 17.7 Å². The molecule has 1 amide bonds. The predicted molar refractivity (Wildman–Crippen MR) is 88.4 cm³/mol. The summed E-state index contributed by atoms with van der Waals surface area (Å²) in [4.78, 5) is 12.3. The van der Waals surface area contributed by atoms with Gasteiger partial charge in [-0.2, -0.15) is 0 Å². The first-order valence-electron chi connectivity index (χ1n) is 7.24. The Morgan fingerprint density at radius 3 is 2.26 bits per heavy atom. The fourth-order valence-electron chi connectivity index (χ4n) is 2.40. The van der Waals surface area contributed by atoms with Gasteiger partial charge in [-0.1, -0.05) is 18.2 Å². The monoisotopic (exact) mass is 315 g/mol. The van der Waals surface area contributed by atoms with Crippen molar-refractivity contribution in [1.82, 2.24) is 5.32 Å². The number of methoxy groups -OCH3 is 3. The zero-order valence-corrected chi connectivity index (χ0v) is 13.8. The van der Waals surface area contributed by atoms with E-state index in [0.717, 1.165) is 11.1 Å². The van der Waals surface area contributed by atoms with Crippen molar-refractivity contribution >= 4 is 5.91 Å². The third-order valence-corrected chi connectivity index (χ3v) is 3.61. The van der Waals surface area contributed by atoms with E-state index in [1.54, 1.807) is 33.5 Å². The largest absolute Gasteiger partial charge is 0.493 e. The molecule has 23 heavy (non-hydrogen) atoms. The van der Waals surface area contributed by atoms with Crippen LogP contribution in [0.15, 0.2) is 36.4 Å². The number of rotatable bonds is 6. The second kappa shape index (κ2) is 7.54. The lowest BCUT2D eigenvalue weighted by Gasteiger charge is -2.16. The van der Waals surface area contributed by atoms with E-state index in [0.29, 0.717) is 29.4 Å². The van der Waals surface area contributed by atoms with Gasteiger partial charge in [0.15, 0.2) is 11.5 Å². The molecule has 2 aromatic rings. The van der Waals surface area contributed by atoms with Crippen LogP contribution in [0.3, 0.4) is 0 Å². The number of aryl methyl sites for hydroxylation is 1. The third-order valence-electron chi connectivity index (χ3n) is 3.61. The van der Waals surface area contributed by atoms with Gasteiger partial charge in [0.25, 0.3) is 5.91 Å². The number of amides is 1. The quantitative estimate of drug-likeness (QED) is 0.890. The summed E-state index contributed by atoms with van der Waals surface area (Å²) in [5.74, 6) is 1.52. The van der Waals surface area contributed by atoms with E-state index >= 15 is 0 Å². The molecular formula is C18H21NO4. The number of carbonyl (C=O) groups excluding carboxylic acids is 1. The average Bonchev–Trinajstić information content (AvgIpc) is 2.58. The predicted octanol–water partition coefficient (Wildman–Crippen LogP) is 2.95. The summed E-state index contributed by atoms with van der Waals surface area (Å²) in [6, 6.07) is 11.1. The maximum absolute atomic E-state index is 12.3. The van der Waals surface area contributed by atoms with Crippen LogP contribution in [0.2, 0.25) is 0 Å². The fraction of sp³-hybridized carbons (Fsp3) is 0.278. The van der Waals surface area contributed by atoms with E-state index in [4.69, 9.17) is 14.2 Å². The van der Waals surface area contributed by atoms with Gasteiger partial charge in [-0.15, -0.1) is 0 Å². The van der Waals surface area contributed by atoms with Gasteiger partial charge in [0.1, 0.15) is 0 Å². The molecule has 2 rings (SSSR count). The molecule has 0 bridgehead atoms. The highest BCUT2D eigenvalue weighted by Crippen LogP contribution is 2.39. The van der Waals surface area contributed by atoms with Gasteiger partial charge < -0.3 is 19.5 Å². The molecular weight excluding hydrogens is 294 g/mol. The van der Waals surface area contributed by atoms with Gasteiger partial charge in [0.2, 0.25) is 5.75 Å². The highest BCUT2D eigenvalue weighted by atomic mass is 16.5. The molecule has 1 N–H and O–H groups in total. The van der Waals surface area contributed by atoms with Crippen LogP contribution < -0.4 is 19.5 Å². The van der Waals surface area contributed by atoms with Gasteiger partial charge in [0.05, 0.1) is 21.3 Å². The Labute approximate surface area is 136 Å². The Bertz CT molecular complexity index is 697. The molecule has 0 heterocycles. The van der Waals surface area contributed by atoms with Gasteiger partial charge >= 0.3 is 0 Å². The smallest absolute Gasteiger partial charge is 0.251 e. The molecule has 0 aliphatic heterocycles. The molecule has 2 aromatic carbocycles. The van der Waals surface area contributed by atoms with Crippen molar-refractivity contribution < 1.29 is 19.0 Å². The maximum Gasteiger partial charge on any atom is 0.251 e. The van der Waals surface area contributed by atoms with Crippen molar-refractivity contribution in [2.75, 3.05) is 21.3 Å². The summed E-state index contributed by atoms with van der Waals surface area (Å²) in [5, 5.41) is 2.90. The van der Waals surface area contributed by atoms with Gasteiger partial charge in [-0.05, 0) is 30.7 Å². The molecule has 0 unspecified atom stereocenters. The van der Waals surface area contributed by atoms with Crippen molar-refractivity contribution in [2.45, 2.75) is 13.5 Å². The SMILES string of the molecule is COc1ccc(CNC(=O)c2ccccc2C)c(OC)c1OC. The number of benzene rings is 2. The summed E-state index contributed by atoms with van der Waals surface area (Å²) in [7, 11) is 4.68. The van der Waals surface area contributed by atoms with Crippen molar-refractivity contribution in [2.24, 2.45) is 0 Å². The molecule has 5 nitrogen and oxygen atoms in total. The van der Waals surface area contributed by atoms with Crippen LogP contribution in [0, 0.1) is 6.92 Å². The summed E-state index contributed by atoms with van der Waals surface area (Å²) < 4.78 is 16.0. The number of carbonyl (C=O) groups is 1. The molecule has 5 heteroatoms. The van der Waals surface area contributed by atoms with E-state index in [1.807, 2.05) is 31.2 Å². The summed E-state index contributed by atoms with van der Waals surface area (Å²) >= 11 is 0. The van der Waals surface area contributed by atoms with Crippen LogP contribution in [-0.4, -0.2) is 27.2 Å². The maximum atomic E-state index is 12.3. The first-order valence-corrected chi connectivity index (χ1v) is 7.24. The number of hydrogen-bond donors (Lipinski definition) is 1. The zero-order chi connectivity index (χ0) is 16.8. The minimum Gasteiger partial charge on any atom is -0.493 e. The summed E-state index contributed by atoms with van der Waals surface area (Å²) in [5.41, 5.74) is 2.41. The lowest BCUT2D eigenvalue weighted by molar-refractivity contribution is 0.0950. The molecule has 0 saturated carbocycles. The topological polar surface area (TPSA) is 56.8 Å². The first-order chi connectivity index (χ1) is 11.1. The van der Waals surface area contributed by atoms with E-state index < -0.39 is 0 Å². The van der Waals surface area contributed by atoms with Crippen LogP contribution in [0.1, 0.15) is 21.5 Å². The minimum atomic E-state index is -0.125. The van der Waals surface area contributed by atoms with E-state index in [-0.39, 0.29) is 5.91 Å². The van der Waals surface area contributed by atoms with Crippen molar-refractivity contribution in [1.29, 1.82) is 0 Å². The van der Waals surface area contributed by atoms with Crippen molar-refractivity contribution in [3.63, 3.8) is 0 Å². The van der Waals surface area contributed by atoms with Crippen LogP contribution in [0.4, 0.5) is 0 Å². The molecule has 0 radical (unpaired) electrons. The van der Waals surface area contributed by atoms with Gasteiger partial charge in [-0.3, -0.25) is 4.79 Å². The molecule has 0 aromatic heterocycles. The highest BCUT2D eigenvalue weighted by Gasteiger charge is 2.16. The normalized spacial score (nSPS) is 10.1. The summed E-state index contributed by atoms with van der Waals surface area (Å²) in [6.45, 7) is 2.24. The summed E-state index contributed by atoms with van der Waals surface area (Å²) in [6.07, 6.45) is 0. The Kier molecular flexibility index (Phi) is 5.46. The van der Waals surface area contributed by atoms with E-state index in [2.05, 4.69) is 5.32 Å². The molecule has 0 fully saturated rings. The Morgan fingerprint density at radius 2 is 1.65 bits per heavy atom. The Hall–Kier alpha value is -2.69. The van der Waals surface area contributed by atoms with E-state index in [1.165, 1.54) is 0 Å². The van der Waals surface area contributed by atoms with Crippen molar-refractivity contribution in [3.05, 3.63) is 53.1 Å². The number of nitrogens with one attached hydrogen (secondary N) is 1. The standard InChI is InChI=1S/C18H21NO4/c1-12-7-5-6-8-14(12)18(20)19-11-13-9-10-15(21-2)17(23-4)16(13)22-3/h5-10H,11H2,1-4H3,(H,19,20). The highest BCUT2D eigenvalue weighted by molar-refractivity contribution is 5.95. The van der Waals surface area contributed by atoms with Crippen molar-refractivity contribution in [3.8, 4) is 17.2 Å². The number of hydrogen-bond acceptors (Lipinski definition) is 4. The second-order valence-corrected chi connectivity index (χ2v) is 4.99. The number of ether oxygens (including phenoxy) is 3. The molecule has 0 saturated heterocycles. The lowest BCUT2D eigenvalue weighted by atomic mass is 10.1. The zero-order valence-electron chi connectivity index (χ0n) is 13.8. The van der Waals surface area contributed by atoms with Crippen LogP contribution >= 0.6 is 0 Å². The Morgan fingerprint density at radius 1 is 0.957 bits per heavy atom. The second-order valence-electron chi connectivity index (χ2n) is 4.99.